The van der Waals surface area contributed by atoms with Gasteiger partial charge in [0.2, 0.25) is 0 Å². The van der Waals surface area contributed by atoms with E-state index in [9.17, 15) is 0 Å². The molecule has 0 aliphatic carbocycles. The van der Waals surface area contributed by atoms with E-state index < -0.39 is 0 Å². The first-order valence-corrected chi connectivity index (χ1v) is 9.03. The van der Waals surface area contributed by atoms with E-state index in [2.05, 4.69) is 101 Å². The Morgan fingerprint density at radius 1 is 0.913 bits per heavy atom. The average molecular weight is 370 g/mol. The monoisotopic (exact) mass is 369 g/mol. The highest BCUT2D eigenvalue weighted by Gasteiger charge is 2.15. The molecule has 0 fully saturated rings. The number of rotatable bonds is 6. The molecule has 2 rings (SSSR count). The Kier molecular flexibility index (Phi) is 7.39. The van der Waals surface area contributed by atoms with Crippen molar-refractivity contribution in [2.24, 2.45) is 0 Å². The Hall–Kier alpha value is -1.56. The molecule has 0 amide bonds. The minimum absolute atomic E-state index is 0.302. The van der Waals surface area contributed by atoms with Crippen LogP contribution in [-0.2, 0) is 0 Å². The Morgan fingerprint density at radius 2 is 1.57 bits per heavy atom. The van der Waals surface area contributed by atoms with Crippen LogP contribution in [0.5, 0.6) is 0 Å². The zero-order valence-electron chi connectivity index (χ0n) is 13.9. The van der Waals surface area contributed by atoms with Gasteiger partial charge in [-0.1, -0.05) is 84.2 Å². The predicted molar refractivity (Wildman–Crippen MR) is 103 cm³/mol. The molecule has 1 unspecified atom stereocenters. The van der Waals surface area contributed by atoms with Crippen molar-refractivity contribution in [3.63, 3.8) is 0 Å². The zero-order valence-corrected chi connectivity index (χ0v) is 15.5. The fourth-order valence-electron chi connectivity index (χ4n) is 2.64. The number of halogens is 1. The summed E-state index contributed by atoms with van der Waals surface area (Å²) in [6.45, 7) is 7.32. The predicted octanol–water partition coefficient (Wildman–Crippen LogP) is 5.32. The standard InChI is InChI=1S/C21H24BrN/c1-3-23(4-2)17-11-10-14-19(18-12-6-5-7-13-18)20-15-8-9-16-21(20)22/h5-9,12-13,15-16,19H,3-4,14,17H2,1-2H3. The van der Waals surface area contributed by atoms with Crippen LogP contribution in [0.3, 0.4) is 0 Å². The van der Waals surface area contributed by atoms with Crippen molar-refractivity contribution in [1.82, 2.24) is 4.90 Å². The second-order valence-electron chi connectivity index (χ2n) is 5.50. The minimum atomic E-state index is 0.302. The van der Waals surface area contributed by atoms with E-state index in [-0.39, 0.29) is 0 Å². The van der Waals surface area contributed by atoms with Gasteiger partial charge in [0, 0.05) is 16.8 Å². The lowest BCUT2D eigenvalue weighted by Gasteiger charge is -2.17. The number of nitrogens with zero attached hydrogens (tertiary/aromatic N) is 1. The Balaban J connectivity index is 2.19. The van der Waals surface area contributed by atoms with Crippen LogP contribution < -0.4 is 0 Å². The second-order valence-corrected chi connectivity index (χ2v) is 6.36. The Bertz CT molecular complexity index is 650. The van der Waals surface area contributed by atoms with Gasteiger partial charge in [-0.2, -0.15) is 0 Å². The maximum Gasteiger partial charge on any atom is 0.0601 e. The summed E-state index contributed by atoms with van der Waals surface area (Å²) in [6, 6.07) is 19.1. The van der Waals surface area contributed by atoms with Crippen molar-refractivity contribution in [3.05, 3.63) is 70.2 Å². The molecule has 1 atom stereocenters. The summed E-state index contributed by atoms with van der Waals surface area (Å²) in [4.78, 5) is 2.34. The molecule has 0 heterocycles. The molecule has 1 nitrogen and oxygen atoms in total. The quantitative estimate of drug-likeness (QED) is 0.623. The molecule has 0 spiro atoms. The minimum Gasteiger partial charge on any atom is -0.293 e. The molecule has 2 aromatic rings. The molecule has 0 saturated heterocycles. The zero-order chi connectivity index (χ0) is 16.5. The third-order valence-corrected chi connectivity index (χ3v) is 4.83. The van der Waals surface area contributed by atoms with E-state index in [1.165, 1.54) is 11.1 Å². The van der Waals surface area contributed by atoms with E-state index >= 15 is 0 Å². The van der Waals surface area contributed by atoms with E-state index in [1.54, 1.807) is 0 Å². The highest BCUT2D eigenvalue weighted by Crippen LogP contribution is 2.32. The van der Waals surface area contributed by atoms with Crippen molar-refractivity contribution < 1.29 is 0 Å². The van der Waals surface area contributed by atoms with E-state index in [0.29, 0.717) is 5.92 Å². The van der Waals surface area contributed by atoms with Crippen molar-refractivity contribution in [1.29, 1.82) is 0 Å². The van der Waals surface area contributed by atoms with Crippen molar-refractivity contribution in [3.8, 4) is 11.8 Å². The van der Waals surface area contributed by atoms with Crippen LogP contribution in [0.1, 0.15) is 37.3 Å². The lowest BCUT2D eigenvalue weighted by Crippen LogP contribution is -2.22. The van der Waals surface area contributed by atoms with Crippen molar-refractivity contribution >= 4 is 15.9 Å². The lowest BCUT2D eigenvalue weighted by atomic mass is 9.89. The summed E-state index contributed by atoms with van der Waals surface area (Å²) in [5.41, 5.74) is 2.62. The van der Waals surface area contributed by atoms with Gasteiger partial charge in [-0.15, -0.1) is 5.92 Å². The lowest BCUT2D eigenvalue weighted by molar-refractivity contribution is 0.342. The van der Waals surface area contributed by atoms with Gasteiger partial charge in [-0.05, 0) is 30.3 Å². The Morgan fingerprint density at radius 3 is 2.22 bits per heavy atom. The summed E-state index contributed by atoms with van der Waals surface area (Å²) in [5.74, 6) is 7.04. The fourth-order valence-corrected chi connectivity index (χ4v) is 3.20. The number of hydrogen-bond acceptors (Lipinski definition) is 1. The van der Waals surface area contributed by atoms with Gasteiger partial charge in [0.15, 0.2) is 0 Å². The third kappa shape index (κ3) is 5.23. The Labute approximate surface area is 148 Å². The molecule has 0 aliphatic heterocycles. The van der Waals surface area contributed by atoms with Crippen LogP contribution in [0.2, 0.25) is 0 Å². The summed E-state index contributed by atoms with van der Waals surface area (Å²) in [7, 11) is 0. The van der Waals surface area contributed by atoms with Gasteiger partial charge in [0.1, 0.15) is 0 Å². The van der Waals surface area contributed by atoms with Gasteiger partial charge >= 0.3 is 0 Å². The first kappa shape index (κ1) is 17.8. The summed E-state index contributed by atoms with van der Waals surface area (Å²) >= 11 is 3.69. The van der Waals surface area contributed by atoms with E-state index in [4.69, 9.17) is 0 Å². The summed E-state index contributed by atoms with van der Waals surface area (Å²) < 4.78 is 1.15. The second kappa shape index (κ2) is 9.55. The maximum absolute atomic E-state index is 3.69. The number of hydrogen-bond donors (Lipinski definition) is 0. The maximum atomic E-state index is 3.69. The van der Waals surface area contributed by atoms with Crippen LogP contribution >= 0.6 is 15.9 Å². The molecule has 23 heavy (non-hydrogen) atoms. The van der Waals surface area contributed by atoms with Crippen molar-refractivity contribution in [2.75, 3.05) is 19.6 Å². The molecule has 0 saturated carbocycles. The fraction of sp³-hybridized carbons (Fsp3) is 0.333. The molecule has 2 heteroatoms. The molecule has 0 bridgehead atoms. The van der Waals surface area contributed by atoms with Crippen LogP contribution in [0.4, 0.5) is 0 Å². The van der Waals surface area contributed by atoms with Crippen LogP contribution in [0.15, 0.2) is 59.1 Å². The normalized spacial score (nSPS) is 11.8. The van der Waals surface area contributed by atoms with E-state index in [1.807, 2.05) is 0 Å². The van der Waals surface area contributed by atoms with Gasteiger partial charge < -0.3 is 0 Å². The van der Waals surface area contributed by atoms with Gasteiger partial charge in [-0.3, -0.25) is 4.90 Å². The first-order chi connectivity index (χ1) is 11.3. The SMILES string of the molecule is CCN(CC)CC#CCC(c1ccccc1)c1ccccc1Br. The van der Waals surface area contributed by atoms with Crippen LogP contribution in [0, 0.1) is 11.8 Å². The average Bonchev–Trinajstić information content (AvgIpc) is 2.60. The molecule has 0 radical (unpaired) electrons. The topological polar surface area (TPSA) is 3.24 Å². The first-order valence-electron chi connectivity index (χ1n) is 8.23. The van der Waals surface area contributed by atoms with Crippen LogP contribution in [-0.4, -0.2) is 24.5 Å². The van der Waals surface area contributed by atoms with Gasteiger partial charge in [-0.25, -0.2) is 0 Å². The molecule has 0 aliphatic rings. The smallest absolute Gasteiger partial charge is 0.0601 e. The molecule has 0 aromatic heterocycles. The highest BCUT2D eigenvalue weighted by atomic mass is 79.9. The van der Waals surface area contributed by atoms with Gasteiger partial charge in [0.25, 0.3) is 0 Å². The molecular weight excluding hydrogens is 346 g/mol. The van der Waals surface area contributed by atoms with Crippen LogP contribution in [0.25, 0.3) is 0 Å². The molecule has 120 valence electrons. The van der Waals surface area contributed by atoms with E-state index in [0.717, 1.165) is 30.5 Å². The molecular formula is C21H24BrN. The number of benzene rings is 2. The van der Waals surface area contributed by atoms with Gasteiger partial charge in [0.05, 0.1) is 6.54 Å². The largest absolute Gasteiger partial charge is 0.293 e. The highest BCUT2D eigenvalue weighted by molar-refractivity contribution is 9.10. The van der Waals surface area contributed by atoms with Crippen molar-refractivity contribution in [2.45, 2.75) is 26.2 Å². The summed E-state index contributed by atoms with van der Waals surface area (Å²) in [6.07, 6.45) is 0.841. The summed E-state index contributed by atoms with van der Waals surface area (Å²) in [5, 5.41) is 0. The third-order valence-electron chi connectivity index (χ3n) is 4.11. The molecule has 2 aromatic carbocycles. The molecule has 0 N–H and O–H groups in total.